The molecule has 2 rings (SSSR count). The number of hydrogen-bond donors (Lipinski definition) is 1. The Labute approximate surface area is 107 Å². The van der Waals surface area contributed by atoms with Crippen LogP contribution in [0.25, 0.3) is 0 Å². The van der Waals surface area contributed by atoms with Gasteiger partial charge in [0.15, 0.2) is 0 Å². The summed E-state index contributed by atoms with van der Waals surface area (Å²) < 4.78 is 5.60. The number of nitrogens with two attached hydrogens (primary N) is 1. The van der Waals surface area contributed by atoms with E-state index in [0.29, 0.717) is 13.2 Å². The van der Waals surface area contributed by atoms with Crippen LogP contribution < -0.4 is 10.5 Å². The summed E-state index contributed by atoms with van der Waals surface area (Å²) in [5.41, 5.74) is 7.62. The van der Waals surface area contributed by atoms with Crippen LogP contribution in [0.2, 0.25) is 0 Å². The third-order valence-corrected chi connectivity index (χ3v) is 2.50. The van der Waals surface area contributed by atoms with Gasteiger partial charge >= 0.3 is 0 Å². The molecule has 18 heavy (non-hydrogen) atoms. The van der Waals surface area contributed by atoms with Crippen molar-refractivity contribution in [1.29, 1.82) is 0 Å². The Bertz CT molecular complexity index is 552. The van der Waals surface area contributed by atoms with E-state index in [1.54, 1.807) is 0 Å². The first-order valence-electron chi connectivity index (χ1n) is 5.85. The smallest absolute Gasteiger partial charge is 0.149 e. The highest BCUT2D eigenvalue weighted by Gasteiger charge is 1.98. The van der Waals surface area contributed by atoms with E-state index in [1.807, 2.05) is 54.6 Å². The molecule has 0 bridgehead atoms. The molecule has 0 unspecified atom stereocenters. The zero-order chi connectivity index (χ0) is 12.6. The van der Waals surface area contributed by atoms with Gasteiger partial charge in [-0.25, -0.2) is 0 Å². The quantitative estimate of drug-likeness (QED) is 0.833. The van der Waals surface area contributed by atoms with E-state index in [-0.39, 0.29) is 0 Å². The first kappa shape index (κ1) is 12.2. The molecule has 0 saturated heterocycles. The third-order valence-electron chi connectivity index (χ3n) is 2.50. The summed E-state index contributed by atoms with van der Waals surface area (Å²) in [7, 11) is 0. The summed E-state index contributed by atoms with van der Waals surface area (Å²) in [5, 5.41) is 0. The molecule has 0 heterocycles. The molecular weight excluding hydrogens is 222 g/mol. The van der Waals surface area contributed by atoms with Gasteiger partial charge in [0, 0.05) is 17.7 Å². The third kappa shape index (κ3) is 3.38. The predicted octanol–water partition coefficient (Wildman–Crippen LogP) is 2.58. The van der Waals surface area contributed by atoms with Gasteiger partial charge < -0.3 is 10.5 Å². The zero-order valence-corrected chi connectivity index (χ0v) is 10.1. The Morgan fingerprint density at radius 1 is 0.944 bits per heavy atom. The standard InChI is InChI=1S/C16H15NO/c17-13-15-10-4-5-11-16(15)18-12-6-9-14-7-2-1-3-8-14/h1-5,7-8,10-11H,12-13,17H2. The molecule has 0 aliphatic heterocycles. The number of rotatable bonds is 3. The maximum atomic E-state index is 5.63. The number of benzene rings is 2. The summed E-state index contributed by atoms with van der Waals surface area (Å²) in [6.45, 7) is 0.841. The molecule has 2 aromatic carbocycles. The number of ether oxygens (including phenoxy) is 1. The average molecular weight is 237 g/mol. The fraction of sp³-hybridized carbons (Fsp3) is 0.125. The van der Waals surface area contributed by atoms with E-state index in [2.05, 4.69) is 11.8 Å². The van der Waals surface area contributed by atoms with Crippen molar-refractivity contribution >= 4 is 0 Å². The number of hydrogen-bond acceptors (Lipinski definition) is 2. The predicted molar refractivity (Wildman–Crippen MR) is 73.1 cm³/mol. The van der Waals surface area contributed by atoms with Crippen LogP contribution in [0.1, 0.15) is 11.1 Å². The summed E-state index contributed by atoms with van der Waals surface area (Å²) in [5.74, 6) is 6.84. The van der Waals surface area contributed by atoms with Crippen molar-refractivity contribution in [2.75, 3.05) is 6.61 Å². The zero-order valence-electron chi connectivity index (χ0n) is 10.1. The topological polar surface area (TPSA) is 35.2 Å². The second-order valence-electron chi connectivity index (χ2n) is 3.77. The Morgan fingerprint density at radius 3 is 2.44 bits per heavy atom. The van der Waals surface area contributed by atoms with E-state index in [0.717, 1.165) is 16.9 Å². The van der Waals surface area contributed by atoms with Crippen LogP contribution >= 0.6 is 0 Å². The van der Waals surface area contributed by atoms with E-state index < -0.39 is 0 Å². The Morgan fingerprint density at radius 2 is 1.67 bits per heavy atom. The molecule has 0 radical (unpaired) electrons. The fourth-order valence-corrected chi connectivity index (χ4v) is 1.59. The largest absolute Gasteiger partial charge is 0.481 e. The van der Waals surface area contributed by atoms with Gasteiger partial charge in [-0.2, -0.15) is 0 Å². The lowest BCUT2D eigenvalue weighted by molar-refractivity contribution is 0.366. The Hall–Kier alpha value is -2.24. The molecule has 0 aliphatic carbocycles. The molecule has 2 nitrogen and oxygen atoms in total. The maximum Gasteiger partial charge on any atom is 0.149 e. The van der Waals surface area contributed by atoms with E-state index in [9.17, 15) is 0 Å². The minimum absolute atomic E-state index is 0.367. The fourth-order valence-electron chi connectivity index (χ4n) is 1.59. The molecule has 2 N–H and O–H groups in total. The Balaban J connectivity index is 1.95. The molecule has 0 saturated carbocycles. The van der Waals surface area contributed by atoms with Crippen LogP contribution in [-0.2, 0) is 6.54 Å². The van der Waals surface area contributed by atoms with Gasteiger partial charge in [0.2, 0.25) is 0 Å². The highest BCUT2D eigenvalue weighted by atomic mass is 16.5. The van der Waals surface area contributed by atoms with Crippen LogP contribution in [-0.4, -0.2) is 6.61 Å². The minimum atomic E-state index is 0.367. The summed E-state index contributed by atoms with van der Waals surface area (Å²) in [6.07, 6.45) is 0. The van der Waals surface area contributed by atoms with Crippen LogP contribution in [0.15, 0.2) is 54.6 Å². The molecule has 2 heteroatoms. The second-order valence-corrected chi connectivity index (χ2v) is 3.77. The Kier molecular flexibility index (Phi) is 4.40. The first-order chi connectivity index (χ1) is 8.90. The van der Waals surface area contributed by atoms with Crippen LogP contribution in [0.4, 0.5) is 0 Å². The van der Waals surface area contributed by atoms with Crippen molar-refractivity contribution in [2.45, 2.75) is 6.54 Å². The molecule has 0 atom stereocenters. The average Bonchev–Trinajstić information content (AvgIpc) is 2.45. The minimum Gasteiger partial charge on any atom is -0.481 e. The van der Waals surface area contributed by atoms with E-state index in [1.165, 1.54) is 0 Å². The lowest BCUT2D eigenvalue weighted by Crippen LogP contribution is -2.02. The van der Waals surface area contributed by atoms with Crippen molar-refractivity contribution < 1.29 is 4.74 Å². The summed E-state index contributed by atoms with van der Waals surface area (Å²) in [4.78, 5) is 0. The second kappa shape index (κ2) is 6.48. The number of para-hydroxylation sites is 1. The summed E-state index contributed by atoms with van der Waals surface area (Å²) in [6, 6.07) is 17.6. The van der Waals surface area contributed by atoms with Crippen molar-refractivity contribution in [2.24, 2.45) is 5.73 Å². The van der Waals surface area contributed by atoms with Crippen molar-refractivity contribution in [3.8, 4) is 17.6 Å². The van der Waals surface area contributed by atoms with Crippen LogP contribution in [0.3, 0.4) is 0 Å². The van der Waals surface area contributed by atoms with E-state index in [4.69, 9.17) is 10.5 Å². The van der Waals surface area contributed by atoms with Gasteiger partial charge in [-0.3, -0.25) is 0 Å². The lowest BCUT2D eigenvalue weighted by Gasteiger charge is -2.06. The lowest BCUT2D eigenvalue weighted by atomic mass is 10.2. The molecule has 0 aliphatic rings. The molecule has 0 aromatic heterocycles. The van der Waals surface area contributed by atoms with Crippen molar-refractivity contribution in [3.05, 3.63) is 65.7 Å². The molecule has 90 valence electrons. The monoisotopic (exact) mass is 237 g/mol. The van der Waals surface area contributed by atoms with Gasteiger partial charge in [0.25, 0.3) is 0 Å². The highest BCUT2D eigenvalue weighted by Crippen LogP contribution is 2.16. The highest BCUT2D eigenvalue weighted by molar-refractivity contribution is 5.35. The molecular formula is C16H15NO. The molecule has 2 aromatic rings. The van der Waals surface area contributed by atoms with E-state index >= 15 is 0 Å². The van der Waals surface area contributed by atoms with Gasteiger partial charge in [-0.1, -0.05) is 48.2 Å². The molecule has 0 fully saturated rings. The molecule has 0 amide bonds. The van der Waals surface area contributed by atoms with Crippen LogP contribution in [0, 0.1) is 11.8 Å². The van der Waals surface area contributed by atoms with Gasteiger partial charge in [-0.05, 0) is 18.2 Å². The maximum absolute atomic E-state index is 5.63. The van der Waals surface area contributed by atoms with Crippen LogP contribution in [0.5, 0.6) is 5.75 Å². The normalized spacial score (nSPS) is 9.39. The SMILES string of the molecule is NCc1ccccc1OCC#Cc1ccccc1. The summed E-state index contributed by atoms with van der Waals surface area (Å²) >= 11 is 0. The van der Waals surface area contributed by atoms with Crippen molar-refractivity contribution in [1.82, 2.24) is 0 Å². The molecule has 0 spiro atoms. The first-order valence-corrected chi connectivity index (χ1v) is 5.85. The van der Waals surface area contributed by atoms with Gasteiger partial charge in [0.1, 0.15) is 12.4 Å². The van der Waals surface area contributed by atoms with Gasteiger partial charge in [0.05, 0.1) is 0 Å². The van der Waals surface area contributed by atoms with Gasteiger partial charge in [-0.15, -0.1) is 0 Å². The van der Waals surface area contributed by atoms with Crippen molar-refractivity contribution in [3.63, 3.8) is 0 Å².